The van der Waals surface area contributed by atoms with Crippen molar-refractivity contribution in [3.8, 4) is 17.0 Å². The molecule has 3 rings (SSSR count). The number of amides is 1. The first-order valence-electron chi connectivity index (χ1n) is 8.41. The van der Waals surface area contributed by atoms with Crippen LogP contribution in [0.5, 0.6) is 5.75 Å². The Bertz CT molecular complexity index is 1160. The largest absolute Gasteiger partial charge is 0.497 e. The molecule has 0 aliphatic rings. The number of nitrogens with one attached hydrogen (secondary N) is 2. The number of hydrogen-bond donors (Lipinski definition) is 2. The van der Waals surface area contributed by atoms with Gasteiger partial charge >= 0.3 is 0 Å². The van der Waals surface area contributed by atoms with E-state index in [9.17, 15) is 13.2 Å². The number of thiazole rings is 1. The maximum atomic E-state index is 12.7. The van der Waals surface area contributed by atoms with Gasteiger partial charge in [-0.05, 0) is 56.4 Å². The fourth-order valence-electron chi connectivity index (χ4n) is 2.59. The lowest BCUT2D eigenvalue weighted by molar-refractivity contribution is 0.102. The van der Waals surface area contributed by atoms with Crippen molar-refractivity contribution in [2.24, 2.45) is 0 Å². The predicted octanol–water partition coefficient (Wildman–Crippen LogP) is 3.94. The number of carbonyl (C=O) groups excluding carboxylic acids is 1. The lowest BCUT2D eigenvalue weighted by Gasteiger charge is -2.07. The van der Waals surface area contributed by atoms with Gasteiger partial charge in [0.25, 0.3) is 5.91 Å². The van der Waals surface area contributed by atoms with Crippen molar-refractivity contribution in [3.05, 3.63) is 57.9 Å². The van der Waals surface area contributed by atoms with Gasteiger partial charge in [-0.1, -0.05) is 11.6 Å². The topological polar surface area (TPSA) is 97.4 Å². The van der Waals surface area contributed by atoms with Gasteiger partial charge in [-0.3, -0.25) is 10.1 Å². The lowest BCUT2D eigenvalue weighted by atomic mass is 10.1. The molecule has 0 bridgehead atoms. The lowest BCUT2D eigenvalue weighted by Crippen LogP contribution is -2.20. The number of rotatable bonds is 6. The van der Waals surface area contributed by atoms with Crippen LogP contribution in [0.25, 0.3) is 11.3 Å². The Morgan fingerprint density at radius 3 is 2.48 bits per heavy atom. The fraction of sp³-hybridized carbons (Fsp3) is 0.158. The summed E-state index contributed by atoms with van der Waals surface area (Å²) < 4.78 is 31.4. The highest BCUT2D eigenvalue weighted by Gasteiger charge is 2.19. The molecule has 2 aromatic carbocycles. The van der Waals surface area contributed by atoms with E-state index in [1.165, 1.54) is 36.6 Å². The van der Waals surface area contributed by atoms with Crippen LogP contribution in [0, 0.1) is 6.92 Å². The monoisotopic (exact) mass is 451 g/mol. The number of carbonyl (C=O) groups is 1. The first-order chi connectivity index (χ1) is 13.7. The first-order valence-corrected chi connectivity index (χ1v) is 11.1. The Labute approximate surface area is 177 Å². The van der Waals surface area contributed by atoms with Crippen molar-refractivity contribution in [3.63, 3.8) is 0 Å². The van der Waals surface area contributed by atoms with E-state index < -0.39 is 15.9 Å². The minimum absolute atomic E-state index is 0.0434. The van der Waals surface area contributed by atoms with Crippen LogP contribution in [-0.2, 0) is 10.0 Å². The number of benzene rings is 2. The van der Waals surface area contributed by atoms with Gasteiger partial charge in [0.2, 0.25) is 10.0 Å². The molecular formula is C19H18ClN3O4S2. The molecular weight excluding hydrogens is 434 g/mol. The smallest absolute Gasteiger partial charge is 0.259 e. The van der Waals surface area contributed by atoms with Crippen LogP contribution >= 0.6 is 22.9 Å². The van der Waals surface area contributed by atoms with E-state index in [2.05, 4.69) is 15.0 Å². The summed E-state index contributed by atoms with van der Waals surface area (Å²) >= 11 is 7.42. The molecule has 0 unspecified atom stereocenters. The number of halogens is 1. The maximum Gasteiger partial charge on any atom is 0.259 e. The van der Waals surface area contributed by atoms with Crippen molar-refractivity contribution in [1.29, 1.82) is 0 Å². The van der Waals surface area contributed by atoms with Crippen LogP contribution in [0.3, 0.4) is 0 Å². The summed E-state index contributed by atoms with van der Waals surface area (Å²) in [5, 5.41) is 3.22. The fourth-order valence-corrected chi connectivity index (χ4v) is 4.38. The van der Waals surface area contributed by atoms with E-state index in [1.807, 2.05) is 31.2 Å². The zero-order chi connectivity index (χ0) is 21.2. The van der Waals surface area contributed by atoms with Gasteiger partial charge in [0.1, 0.15) is 5.75 Å². The molecule has 1 aromatic heterocycles. The van der Waals surface area contributed by atoms with Crippen molar-refractivity contribution in [2.75, 3.05) is 19.5 Å². The molecule has 3 aromatic rings. The molecule has 0 spiro atoms. The minimum atomic E-state index is -3.70. The van der Waals surface area contributed by atoms with Crippen LogP contribution in [0.15, 0.2) is 47.4 Å². The van der Waals surface area contributed by atoms with E-state index in [0.29, 0.717) is 5.13 Å². The number of sulfonamides is 1. The highest BCUT2D eigenvalue weighted by Crippen LogP contribution is 2.32. The number of anilines is 1. The highest BCUT2D eigenvalue weighted by molar-refractivity contribution is 7.89. The summed E-state index contributed by atoms with van der Waals surface area (Å²) in [6, 6.07) is 11.4. The van der Waals surface area contributed by atoms with E-state index >= 15 is 0 Å². The van der Waals surface area contributed by atoms with Gasteiger partial charge < -0.3 is 4.74 Å². The number of hydrogen-bond acceptors (Lipinski definition) is 6. The van der Waals surface area contributed by atoms with Gasteiger partial charge in [-0.15, -0.1) is 11.3 Å². The van der Waals surface area contributed by atoms with Crippen LogP contribution in [0.2, 0.25) is 5.02 Å². The first kappa shape index (κ1) is 21.3. The summed E-state index contributed by atoms with van der Waals surface area (Å²) in [5.74, 6) is 0.194. The van der Waals surface area contributed by atoms with Gasteiger partial charge in [0, 0.05) is 10.4 Å². The molecule has 0 radical (unpaired) electrons. The third-order valence-corrected chi connectivity index (χ3v) is 6.77. The van der Waals surface area contributed by atoms with Crippen LogP contribution < -0.4 is 14.8 Å². The summed E-state index contributed by atoms with van der Waals surface area (Å²) in [4.78, 5) is 18.0. The van der Waals surface area contributed by atoms with Gasteiger partial charge in [-0.2, -0.15) is 0 Å². The van der Waals surface area contributed by atoms with E-state index in [4.69, 9.17) is 16.3 Å². The van der Waals surface area contributed by atoms with Crippen molar-refractivity contribution >= 4 is 44.0 Å². The minimum Gasteiger partial charge on any atom is -0.497 e. The maximum absolute atomic E-state index is 12.7. The Morgan fingerprint density at radius 1 is 1.17 bits per heavy atom. The van der Waals surface area contributed by atoms with E-state index in [1.54, 1.807) is 7.11 Å². The van der Waals surface area contributed by atoms with Crippen LogP contribution in [-0.4, -0.2) is 33.5 Å². The molecule has 0 saturated heterocycles. The molecule has 0 fully saturated rings. The number of ether oxygens (including phenoxy) is 1. The molecule has 29 heavy (non-hydrogen) atoms. The molecule has 0 atom stereocenters. The third-order valence-electron chi connectivity index (χ3n) is 4.14. The molecule has 7 nitrogen and oxygen atoms in total. The molecule has 2 N–H and O–H groups in total. The average Bonchev–Trinajstić information content (AvgIpc) is 3.08. The molecule has 1 heterocycles. The average molecular weight is 452 g/mol. The zero-order valence-electron chi connectivity index (χ0n) is 15.8. The van der Waals surface area contributed by atoms with Gasteiger partial charge in [-0.25, -0.2) is 18.1 Å². The SMILES string of the molecule is CNS(=O)(=O)c1ccc(Cl)c(C(=O)Nc2nc(-c3ccc(OC)cc3)c(C)s2)c1. The van der Waals surface area contributed by atoms with Gasteiger partial charge in [0.15, 0.2) is 5.13 Å². The van der Waals surface area contributed by atoms with E-state index in [0.717, 1.165) is 21.9 Å². The molecule has 10 heteroatoms. The Hall–Kier alpha value is -2.46. The molecule has 0 aliphatic carbocycles. The summed E-state index contributed by atoms with van der Waals surface area (Å²) in [7, 11) is -0.810. The quantitative estimate of drug-likeness (QED) is 0.591. The molecule has 152 valence electrons. The van der Waals surface area contributed by atoms with Crippen LogP contribution in [0.1, 0.15) is 15.2 Å². The normalized spacial score (nSPS) is 11.3. The predicted molar refractivity (Wildman–Crippen MR) is 114 cm³/mol. The summed E-state index contributed by atoms with van der Waals surface area (Å²) in [6.07, 6.45) is 0. The Balaban J connectivity index is 1.87. The Kier molecular flexibility index (Phi) is 6.23. The second-order valence-electron chi connectivity index (χ2n) is 5.96. The van der Waals surface area contributed by atoms with Crippen molar-refractivity contribution in [1.82, 2.24) is 9.71 Å². The third kappa shape index (κ3) is 4.59. The number of nitrogens with zero attached hydrogens (tertiary/aromatic N) is 1. The zero-order valence-corrected chi connectivity index (χ0v) is 18.2. The second-order valence-corrected chi connectivity index (χ2v) is 9.45. The number of aryl methyl sites for hydroxylation is 1. The standard InChI is InChI=1S/C19H18ClN3O4S2/c1-11-17(12-4-6-13(27-3)7-5-12)22-19(28-11)23-18(24)15-10-14(8-9-16(15)20)29(25,26)21-2/h4-10,21H,1-3H3,(H,22,23,24). The molecule has 0 aliphatic heterocycles. The van der Waals surface area contributed by atoms with Gasteiger partial charge in [0.05, 0.1) is 28.3 Å². The van der Waals surface area contributed by atoms with Crippen LogP contribution in [0.4, 0.5) is 5.13 Å². The number of methoxy groups -OCH3 is 1. The molecule has 1 amide bonds. The van der Waals surface area contributed by atoms with Crippen molar-refractivity contribution < 1.29 is 17.9 Å². The summed E-state index contributed by atoms with van der Waals surface area (Å²) in [5.41, 5.74) is 1.67. The summed E-state index contributed by atoms with van der Waals surface area (Å²) in [6.45, 7) is 1.90. The Morgan fingerprint density at radius 2 is 1.86 bits per heavy atom. The van der Waals surface area contributed by atoms with Crippen molar-refractivity contribution in [2.45, 2.75) is 11.8 Å². The number of aromatic nitrogens is 1. The molecule has 0 saturated carbocycles. The second kappa shape index (κ2) is 8.50. The van der Waals surface area contributed by atoms with E-state index in [-0.39, 0.29) is 15.5 Å². The highest BCUT2D eigenvalue weighted by atomic mass is 35.5.